The van der Waals surface area contributed by atoms with Crippen LogP contribution in [0.2, 0.25) is 6.04 Å². The number of hydrogen-bond donors (Lipinski definition) is 2. The smallest absolute Gasteiger partial charge is 0.374 e. The summed E-state index contributed by atoms with van der Waals surface area (Å²) in [5, 5.41) is 0. The molecular weight excluding hydrogens is 264 g/mol. The molecule has 0 aromatic heterocycles. The second-order valence-electron chi connectivity index (χ2n) is 4.11. The van der Waals surface area contributed by atoms with E-state index < -0.39 is 8.80 Å². The van der Waals surface area contributed by atoms with Gasteiger partial charge in [-0.3, -0.25) is 10.2 Å². The van der Waals surface area contributed by atoms with Gasteiger partial charge in [0.15, 0.2) is 0 Å². The average molecular weight is 292 g/mol. The monoisotopic (exact) mass is 292 g/mol. The molecule has 114 valence electrons. The van der Waals surface area contributed by atoms with Crippen LogP contribution in [0.5, 0.6) is 0 Å². The Morgan fingerprint density at radius 3 is 1.95 bits per heavy atom. The van der Waals surface area contributed by atoms with Crippen molar-refractivity contribution in [2.75, 3.05) is 19.8 Å². The Kier molecular flexibility index (Phi) is 11.1. The Morgan fingerprint density at radius 1 is 1.00 bits per heavy atom. The van der Waals surface area contributed by atoms with Crippen LogP contribution in [-0.4, -0.2) is 34.5 Å². The van der Waals surface area contributed by atoms with Crippen molar-refractivity contribution >= 4 is 14.7 Å². The summed E-state index contributed by atoms with van der Waals surface area (Å²) in [6.45, 7) is 7.65. The quantitative estimate of drug-likeness (QED) is 0.188. The number of carbonyl (C=O) groups excluding carboxylic acids is 1. The maximum absolute atomic E-state index is 11.0. The van der Waals surface area contributed by atoms with Gasteiger partial charge in [0, 0.05) is 32.3 Å². The largest absolute Gasteiger partial charge is 0.500 e. The van der Waals surface area contributed by atoms with E-state index in [4.69, 9.17) is 19.1 Å². The maximum atomic E-state index is 11.0. The van der Waals surface area contributed by atoms with Crippen molar-refractivity contribution in [2.45, 2.75) is 52.5 Å². The van der Waals surface area contributed by atoms with Gasteiger partial charge in [-0.05, 0) is 33.6 Å². The zero-order chi connectivity index (χ0) is 14.6. The van der Waals surface area contributed by atoms with Crippen LogP contribution in [-0.2, 0) is 18.1 Å². The minimum Gasteiger partial charge on any atom is -0.374 e. The summed E-state index contributed by atoms with van der Waals surface area (Å²) in [5.41, 5.74) is 2.13. The highest BCUT2D eigenvalue weighted by Gasteiger charge is 2.39. The first-order valence-corrected chi connectivity index (χ1v) is 8.98. The average Bonchev–Trinajstić information content (AvgIpc) is 2.39. The molecule has 1 amide bonds. The molecule has 0 radical (unpaired) electrons. The van der Waals surface area contributed by atoms with E-state index in [1.54, 1.807) is 0 Å². The van der Waals surface area contributed by atoms with Gasteiger partial charge in [-0.2, -0.15) is 0 Å². The van der Waals surface area contributed by atoms with Crippen molar-refractivity contribution in [3.8, 4) is 0 Å². The number of hydrogen-bond acceptors (Lipinski definition) is 5. The van der Waals surface area contributed by atoms with Crippen LogP contribution in [0.1, 0.15) is 46.5 Å². The predicted molar refractivity (Wildman–Crippen MR) is 76.2 cm³/mol. The van der Waals surface area contributed by atoms with E-state index in [0.29, 0.717) is 26.2 Å². The summed E-state index contributed by atoms with van der Waals surface area (Å²) < 4.78 is 17.3. The summed E-state index contributed by atoms with van der Waals surface area (Å²) in [7, 11) is -2.51. The molecule has 0 saturated carbocycles. The second-order valence-corrected chi connectivity index (χ2v) is 6.84. The van der Waals surface area contributed by atoms with Gasteiger partial charge in [-0.25, -0.2) is 5.84 Å². The van der Waals surface area contributed by atoms with Gasteiger partial charge in [0.05, 0.1) is 0 Å². The molecule has 0 heterocycles. The zero-order valence-electron chi connectivity index (χ0n) is 12.4. The van der Waals surface area contributed by atoms with Crippen LogP contribution in [0.4, 0.5) is 0 Å². The molecule has 0 saturated heterocycles. The Hall–Kier alpha value is -0.473. The summed E-state index contributed by atoms with van der Waals surface area (Å²) in [6, 6.07) is 0.798. The highest BCUT2D eigenvalue weighted by molar-refractivity contribution is 6.60. The third-order valence-corrected chi connectivity index (χ3v) is 5.79. The number of amides is 1. The van der Waals surface area contributed by atoms with E-state index in [0.717, 1.165) is 25.3 Å². The first kappa shape index (κ1) is 18.5. The number of nitrogens with one attached hydrogen (secondary N) is 1. The Labute approximate surface area is 117 Å². The third-order valence-electron chi connectivity index (χ3n) is 2.64. The van der Waals surface area contributed by atoms with Gasteiger partial charge in [-0.1, -0.05) is 6.42 Å². The lowest BCUT2D eigenvalue weighted by molar-refractivity contribution is -0.121. The molecule has 0 bridgehead atoms. The number of nitrogens with two attached hydrogens (primary N) is 1. The molecule has 0 aromatic rings. The van der Waals surface area contributed by atoms with Crippen molar-refractivity contribution in [1.82, 2.24) is 5.43 Å². The molecule has 0 atom stereocenters. The SMILES string of the molecule is CCO[Si](CCCCCC(=O)NN)(OCC)OCC. The molecule has 0 rings (SSSR count). The molecular formula is C12H28N2O4Si. The lowest BCUT2D eigenvalue weighted by Crippen LogP contribution is -2.45. The van der Waals surface area contributed by atoms with Gasteiger partial charge >= 0.3 is 8.80 Å². The highest BCUT2D eigenvalue weighted by atomic mass is 28.4. The van der Waals surface area contributed by atoms with E-state index in [9.17, 15) is 4.79 Å². The second kappa shape index (κ2) is 11.4. The van der Waals surface area contributed by atoms with Crippen LogP contribution in [0.25, 0.3) is 0 Å². The van der Waals surface area contributed by atoms with Gasteiger partial charge in [-0.15, -0.1) is 0 Å². The first-order chi connectivity index (χ1) is 9.14. The van der Waals surface area contributed by atoms with Gasteiger partial charge in [0.25, 0.3) is 0 Å². The van der Waals surface area contributed by atoms with Crippen molar-refractivity contribution in [2.24, 2.45) is 5.84 Å². The molecule has 0 aliphatic heterocycles. The van der Waals surface area contributed by atoms with Crippen LogP contribution >= 0.6 is 0 Å². The van der Waals surface area contributed by atoms with Crippen molar-refractivity contribution in [3.05, 3.63) is 0 Å². The summed E-state index contributed by atoms with van der Waals surface area (Å²) >= 11 is 0. The van der Waals surface area contributed by atoms with Crippen molar-refractivity contribution < 1.29 is 18.1 Å². The summed E-state index contributed by atoms with van der Waals surface area (Å²) in [6.07, 6.45) is 3.15. The van der Waals surface area contributed by atoms with E-state index in [2.05, 4.69) is 5.43 Å². The number of rotatable bonds is 12. The van der Waals surface area contributed by atoms with Crippen LogP contribution in [0.15, 0.2) is 0 Å². The van der Waals surface area contributed by atoms with E-state index in [1.165, 1.54) is 0 Å². The number of carbonyl (C=O) groups is 1. The fraction of sp³-hybridized carbons (Fsp3) is 0.917. The fourth-order valence-corrected chi connectivity index (χ4v) is 4.56. The molecule has 0 fully saturated rings. The van der Waals surface area contributed by atoms with Crippen molar-refractivity contribution in [1.29, 1.82) is 0 Å². The lowest BCUT2D eigenvalue weighted by atomic mass is 10.2. The lowest BCUT2D eigenvalue weighted by Gasteiger charge is -2.28. The molecule has 0 aliphatic rings. The van der Waals surface area contributed by atoms with E-state index >= 15 is 0 Å². The number of hydrazine groups is 1. The van der Waals surface area contributed by atoms with Crippen LogP contribution in [0.3, 0.4) is 0 Å². The van der Waals surface area contributed by atoms with Crippen LogP contribution in [0, 0.1) is 0 Å². The fourth-order valence-electron chi connectivity index (χ4n) is 1.88. The molecule has 0 spiro atoms. The molecule has 6 nitrogen and oxygen atoms in total. The Bertz CT molecular complexity index is 225. The minimum atomic E-state index is -2.51. The molecule has 19 heavy (non-hydrogen) atoms. The Balaban J connectivity index is 4.06. The third kappa shape index (κ3) is 8.33. The van der Waals surface area contributed by atoms with Gasteiger partial charge in [0.2, 0.25) is 5.91 Å². The van der Waals surface area contributed by atoms with E-state index in [1.807, 2.05) is 20.8 Å². The topological polar surface area (TPSA) is 82.8 Å². The zero-order valence-corrected chi connectivity index (χ0v) is 13.4. The highest BCUT2D eigenvalue weighted by Crippen LogP contribution is 2.20. The maximum Gasteiger partial charge on any atom is 0.500 e. The number of unbranched alkanes of at least 4 members (excludes halogenated alkanes) is 2. The standard InChI is InChI=1S/C12H28N2O4Si/c1-4-16-19(17-5-2,18-6-3)11-9-7-8-10-12(15)14-13/h4-11,13H2,1-3H3,(H,14,15). The summed E-state index contributed by atoms with van der Waals surface area (Å²) in [4.78, 5) is 11.0. The minimum absolute atomic E-state index is 0.122. The van der Waals surface area contributed by atoms with Crippen LogP contribution < -0.4 is 11.3 Å². The Morgan fingerprint density at radius 2 is 1.53 bits per heavy atom. The summed E-state index contributed by atoms with van der Waals surface area (Å²) in [5.74, 6) is 4.90. The van der Waals surface area contributed by atoms with Gasteiger partial charge in [0.1, 0.15) is 0 Å². The van der Waals surface area contributed by atoms with Crippen molar-refractivity contribution in [3.63, 3.8) is 0 Å². The first-order valence-electron chi connectivity index (χ1n) is 7.05. The molecule has 0 aromatic carbocycles. The molecule has 3 N–H and O–H groups in total. The van der Waals surface area contributed by atoms with Gasteiger partial charge < -0.3 is 13.3 Å². The molecule has 7 heteroatoms. The molecule has 0 aliphatic carbocycles. The molecule has 0 unspecified atom stereocenters. The van der Waals surface area contributed by atoms with E-state index in [-0.39, 0.29) is 5.91 Å². The predicted octanol–water partition coefficient (Wildman–Crippen LogP) is 1.59. The normalized spacial score (nSPS) is 11.6.